The molecule has 1 aliphatic rings. The van der Waals surface area contributed by atoms with E-state index in [9.17, 15) is 14.9 Å². The molecule has 6 nitrogen and oxygen atoms in total. The number of carbonyl (C=O) groups excluding carboxylic acids is 1. The number of rotatable bonds is 3. The molecule has 0 bridgehead atoms. The Morgan fingerprint density at radius 1 is 1.35 bits per heavy atom. The van der Waals surface area contributed by atoms with Gasteiger partial charge in [-0.05, 0) is 38.3 Å². The Morgan fingerprint density at radius 2 is 2.05 bits per heavy atom. The number of nitro benzene ring substituents is 1. The van der Waals surface area contributed by atoms with E-state index in [2.05, 4.69) is 5.32 Å². The minimum absolute atomic E-state index is 0.0154. The fraction of sp³-hybridized carbons (Fsp3) is 0.500. The molecule has 2 unspecified atom stereocenters. The maximum Gasteiger partial charge on any atom is 0.274 e. The summed E-state index contributed by atoms with van der Waals surface area (Å²) in [6.07, 6.45) is 2.58. The molecule has 0 heterocycles. The lowest BCUT2D eigenvalue weighted by Gasteiger charge is -2.16. The number of nitrogens with zero attached hydrogens (tertiary/aromatic N) is 1. The number of aryl methyl sites for hydroxylation is 2. The van der Waals surface area contributed by atoms with Gasteiger partial charge in [-0.1, -0.05) is 6.42 Å². The molecule has 0 aromatic heterocycles. The SMILES string of the molecule is Cc1cc(C)c([N+](=O)[O-])cc1NC(=O)C1CCCC1N. The Hall–Kier alpha value is -1.95. The fourth-order valence-electron chi connectivity index (χ4n) is 2.71. The van der Waals surface area contributed by atoms with Gasteiger partial charge in [0.25, 0.3) is 5.69 Å². The van der Waals surface area contributed by atoms with Crippen molar-refractivity contribution in [3.63, 3.8) is 0 Å². The Kier molecular flexibility index (Phi) is 4.04. The predicted octanol–water partition coefficient (Wildman–Crippen LogP) is 2.28. The lowest BCUT2D eigenvalue weighted by atomic mass is 10.0. The van der Waals surface area contributed by atoms with Gasteiger partial charge in [-0.3, -0.25) is 14.9 Å². The summed E-state index contributed by atoms with van der Waals surface area (Å²) in [5, 5.41) is 13.7. The Labute approximate surface area is 117 Å². The van der Waals surface area contributed by atoms with Crippen molar-refractivity contribution in [1.82, 2.24) is 0 Å². The average molecular weight is 277 g/mol. The molecule has 0 aliphatic heterocycles. The first-order valence-corrected chi connectivity index (χ1v) is 6.72. The molecular formula is C14H19N3O3. The minimum Gasteiger partial charge on any atom is -0.327 e. The van der Waals surface area contributed by atoms with Crippen LogP contribution in [0.25, 0.3) is 0 Å². The van der Waals surface area contributed by atoms with Crippen LogP contribution in [0, 0.1) is 29.9 Å². The van der Waals surface area contributed by atoms with Gasteiger partial charge in [-0.15, -0.1) is 0 Å². The number of nitrogens with two attached hydrogens (primary N) is 1. The second-order valence-electron chi connectivity index (χ2n) is 5.40. The molecule has 2 rings (SSSR count). The first-order chi connectivity index (χ1) is 9.40. The molecular weight excluding hydrogens is 258 g/mol. The van der Waals surface area contributed by atoms with E-state index in [4.69, 9.17) is 5.73 Å². The summed E-state index contributed by atoms with van der Waals surface area (Å²) in [6.45, 7) is 3.50. The molecule has 1 saturated carbocycles. The third-order valence-corrected chi connectivity index (χ3v) is 3.90. The normalized spacial score (nSPS) is 21.8. The van der Waals surface area contributed by atoms with E-state index in [0.717, 1.165) is 24.8 Å². The van der Waals surface area contributed by atoms with Crippen LogP contribution < -0.4 is 11.1 Å². The van der Waals surface area contributed by atoms with E-state index in [1.165, 1.54) is 6.07 Å². The van der Waals surface area contributed by atoms with Gasteiger partial charge < -0.3 is 11.1 Å². The van der Waals surface area contributed by atoms with Crippen LogP contribution in [0.1, 0.15) is 30.4 Å². The number of carbonyl (C=O) groups is 1. The highest BCUT2D eigenvalue weighted by Crippen LogP contribution is 2.29. The van der Waals surface area contributed by atoms with Gasteiger partial charge in [0.15, 0.2) is 0 Å². The van der Waals surface area contributed by atoms with Crippen molar-refractivity contribution in [3.8, 4) is 0 Å². The molecule has 20 heavy (non-hydrogen) atoms. The van der Waals surface area contributed by atoms with Crippen LogP contribution in [0.2, 0.25) is 0 Å². The van der Waals surface area contributed by atoms with Gasteiger partial charge in [-0.25, -0.2) is 0 Å². The molecule has 1 aliphatic carbocycles. The van der Waals surface area contributed by atoms with Crippen LogP contribution in [0.15, 0.2) is 12.1 Å². The van der Waals surface area contributed by atoms with Crippen molar-refractivity contribution >= 4 is 17.3 Å². The summed E-state index contributed by atoms with van der Waals surface area (Å²) in [5.41, 5.74) is 7.81. The van der Waals surface area contributed by atoms with Gasteiger partial charge >= 0.3 is 0 Å². The first kappa shape index (κ1) is 14.5. The Bertz CT molecular complexity index is 557. The Balaban J connectivity index is 2.22. The quantitative estimate of drug-likeness (QED) is 0.654. The molecule has 0 saturated heterocycles. The van der Waals surface area contributed by atoms with E-state index in [1.54, 1.807) is 13.0 Å². The minimum atomic E-state index is -0.439. The van der Waals surface area contributed by atoms with Gasteiger partial charge in [0.1, 0.15) is 0 Å². The fourth-order valence-corrected chi connectivity index (χ4v) is 2.71. The highest BCUT2D eigenvalue weighted by Gasteiger charge is 2.30. The van der Waals surface area contributed by atoms with Crippen molar-refractivity contribution in [1.29, 1.82) is 0 Å². The number of amides is 1. The lowest BCUT2D eigenvalue weighted by Crippen LogP contribution is -2.34. The molecule has 6 heteroatoms. The standard InChI is InChI=1S/C14H19N3O3/c1-8-6-9(2)13(17(19)20)7-12(8)16-14(18)10-4-3-5-11(10)15/h6-7,10-11H,3-5,15H2,1-2H3,(H,16,18). The summed E-state index contributed by atoms with van der Waals surface area (Å²) in [7, 11) is 0. The van der Waals surface area contributed by atoms with Crippen LogP contribution in [-0.4, -0.2) is 16.9 Å². The summed E-state index contributed by atoms with van der Waals surface area (Å²) in [6, 6.07) is 3.02. The number of hydrogen-bond acceptors (Lipinski definition) is 4. The summed E-state index contributed by atoms with van der Waals surface area (Å²) in [4.78, 5) is 22.7. The zero-order chi connectivity index (χ0) is 14.9. The number of nitrogens with one attached hydrogen (secondary N) is 1. The Morgan fingerprint density at radius 3 is 2.60 bits per heavy atom. The third-order valence-electron chi connectivity index (χ3n) is 3.90. The van der Waals surface area contributed by atoms with Gasteiger partial charge in [-0.2, -0.15) is 0 Å². The van der Waals surface area contributed by atoms with Crippen LogP contribution >= 0.6 is 0 Å². The molecule has 0 radical (unpaired) electrons. The summed E-state index contributed by atoms with van der Waals surface area (Å²) in [5.74, 6) is -0.342. The molecule has 1 aromatic rings. The lowest BCUT2D eigenvalue weighted by molar-refractivity contribution is -0.385. The highest BCUT2D eigenvalue weighted by molar-refractivity contribution is 5.94. The number of nitro groups is 1. The molecule has 3 N–H and O–H groups in total. The van der Waals surface area contributed by atoms with Gasteiger partial charge in [0, 0.05) is 17.7 Å². The molecule has 108 valence electrons. The van der Waals surface area contributed by atoms with Gasteiger partial charge in [0.2, 0.25) is 5.91 Å². The van der Waals surface area contributed by atoms with Crippen molar-refractivity contribution < 1.29 is 9.72 Å². The molecule has 0 spiro atoms. The van der Waals surface area contributed by atoms with Crippen LogP contribution in [0.4, 0.5) is 11.4 Å². The van der Waals surface area contributed by atoms with Crippen molar-refractivity contribution in [3.05, 3.63) is 33.4 Å². The number of hydrogen-bond donors (Lipinski definition) is 2. The third kappa shape index (κ3) is 2.80. The average Bonchev–Trinajstić information content (AvgIpc) is 2.78. The molecule has 2 atom stereocenters. The zero-order valence-electron chi connectivity index (χ0n) is 11.7. The monoisotopic (exact) mass is 277 g/mol. The summed E-state index contributed by atoms with van der Waals surface area (Å²) < 4.78 is 0. The van der Waals surface area contributed by atoms with Crippen LogP contribution in [-0.2, 0) is 4.79 Å². The van der Waals surface area contributed by atoms with E-state index < -0.39 is 4.92 Å². The second-order valence-corrected chi connectivity index (χ2v) is 5.40. The molecule has 1 amide bonds. The largest absolute Gasteiger partial charge is 0.327 e. The van der Waals surface area contributed by atoms with E-state index in [-0.39, 0.29) is 23.6 Å². The zero-order valence-corrected chi connectivity index (χ0v) is 11.7. The maximum atomic E-state index is 12.2. The predicted molar refractivity (Wildman–Crippen MR) is 76.5 cm³/mol. The molecule has 1 fully saturated rings. The van der Waals surface area contributed by atoms with Crippen LogP contribution in [0.5, 0.6) is 0 Å². The highest BCUT2D eigenvalue weighted by atomic mass is 16.6. The smallest absolute Gasteiger partial charge is 0.274 e. The first-order valence-electron chi connectivity index (χ1n) is 6.72. The van der Waals surface area contributed by atoms with Crippen LogP contribution in [0.3, 0.4) is 0 Å². The van der Waals surface area contributed by atoms with E-state index >= 15 is 0 Å². The van der Waals surface area contributed by atoms with Crippen molar-refractivity contribution in [2.24, 2.45) is 11.7 Å². The van der Waals surface area contributed by atoms with Gasteiger partial charge in [0.05, 0.1) is 16.5 Å². The summed E-state index contributed by atoms with van der Waals surface area (Å²) >= 11 is 0. The van der Waals surface area contributed by atoms with E-state index in [0.29, 0.717) is 11.3 Å². The topological polar surface area (TPSA) is 98.3 Å². The van der Waals surface area contributed by atoms with E-state index in [1.807, 2.05) is 6.92 Å². The number of anilines is 1. The second kappa shape index (κ2) is 5.58. The van der Waals surface area contributed by atoms with Crippen molar-refractivity contribution in [2.45, 2.75) is 39.2 Å². The number of benzene rings is 1. The molecule has 1 aromatic carbocycles. The van der Waals surface area contributed by atoms with Crippen molar-refractivity contribution in [2.75, 3.05) is 5.32 Å². The maximum absolute atomic E-state index is 12.2.